The van der Waals surface area contributed by atoms with Gasteiger partial charge in [-0.15, -0.1) is 0 Å². The summed E-state index contributed by atoms with van der Waals surface area (Å²) in [7, 11) is 0. The second kappa shape index (κ2) is 8.32. The van der Waals surface area contributed by atoms with Crippen molar-refractivity contribution < 1.29 is 9.53 Å². The fraction of sp³-hybridized carbons (Fsp3) is 0.300. The highest BCUT2D eigenvalue weighted by Crippen LogP contribution is 2.15. The maximum atomic E-state index is 12.3. The maximum absolute atomic E-state index is 12.3. The van der Waals surface area contributed by atoms with E-state index in [1.807, 2.05) is 12.1 Å². The molecule has 1 saturated heterocycles. The molecule has 1 aliphatic rings. The Hall–Kier alpha value is -2.84. The van der Waals surface area contributed by atoms with E-state index in [1.165, 1.54) is 5.56 Å². The molecule has 1 amide bonds. The van der Waals surface area contributed by atoms with E-state index in [2.05, 4.69) is 29.2 Å². The summed E-state index contributed by atoms with van der Waals surface area (Å²) in [5, 5.41) is 8.90. The summed E-state index contributed by atoms with van der Waals surface area (Å²) < 4.78 is 5.38. The average Bonchev–Trinajstić information content (AvgIpc) is 2.67. The second-order valence-corrected chi connectivity index (χ2v) is 6.07. The van der Waals surface area contributed by atoms with Gasteiger partial charge in [-0.3, -0.25) is 4.90 Å². The van der Waals surface area contributed by atoms with E-state index in [1.54, 1.807) is 29.2 Å². The molecule has 0 spiro atoms. The van der Waals surface area contributed by atoms with Gasteiger partial charge < -0.3 is 9.64 Å². The summed E-state index contributed by atoms with van der Waals surface area (Å²) in [6.07, 6.45) is 0.671. The Labute approximate surface area is 148 Å². The number of carbonyl (C=O) groups excluding carboxylic acids is 1. The van der Waals surface area contributed by atoms with Crippen molar-refractivity contribution in [2.24, 2.45) is 0 Å². The van der Waals surface area contributed by atoms with Crippen molar-refractivity contribution in [1.82, 2.24) is 9.80 Å². The third kappa shape index (κ3) is 4.82. The molecule has 2 aromatic rings. The van der Waals surface area contributed by atoms with Crippen LogP contribution in [0.2, 0.25) is 0 Å². The van der Waals surface area contributed by atoms with E-state index >= 15 is 0 Å². The average molecular weight is 335 g/mol. The zero-order valence-electron chi connectivity index (χ0n) is 14.1. The third-order valence-corrected chi connectivity index (χ3v) is 4.36. The molecule has 0 N–H and O–H groups in total. The third-order valence-electron chi connectivity index (χ3n) is 4.36. The van der Waals surface area contributed by atoms with Crippen LogP contribution in [-0.2, 0) is 6.42 Å². The zero-order valence-corrected chi connectivity index (χ0v) is 14.1. The van der Waals surface area contributed by atoms with E-state index in [0.717, 1.165) is 26.1 Å². The van der Waals surface area contributed by atoms with Crippen molar-refractivity contribution in [2.45, 2.75) is 6.42 Å². The molecule has 1 heterocycles. The van der Waals surface area contributed by atoms with Crippen LogP contribution in [0, 0.1) is 11.3 Å². The summed E-state index contributed by atoms with van der Waals surface area (Å²) in [6, 6.07) is 19.1. The van der Waals surface area contributed by atoms with Crippen LogP contribution in [0.15, 0.2) is 54.6 Å². The lowest BCUT2D eigenvalue weighted by atomic mass is 10.1. The number of benzene rings is 2. The zero-order chi connectivity index (χ0) is 17.5. The van der Waals surface area contributed by atoms with Gasteiger partial charge in [0, 0.05) is 32.7 Å². The molecule has 0 radical (unpaired) electrons. The first-order chi connectivity index (χ1) is 12.2. The topological polar surface area (TPSA) is 56.6 Å². The SMILES string of the molecule is N#Cc1cccc(OC(=O)N2CCN(CCc3ccccc3)CC2)c1. The molecule has 0 atom stereocenters. The van der Waals surface area contributed by atoms with Crippen LogP contribution < -0.4 is 4.74 Å². The van der Waals surface area contributed by atoms with Crippen molar-refractivity contribution in [1.29, 1.82) is 5.26 Å². The molecule has 3 rings (SSSR count). The van der Waals surface area contributed by atoms with Crippen molar-refractivity contribution >= 4 is 6.09 Å². The largest absolute Gasteiger partial charge is 0.415 e. The normalized spacial score (nSPS) is 14.8. The fourth-order valence-corrected chi connectivity index (χ4v) is 2.88. The molecule has 1 aliphatic heterocycles. The quantitative estimate of drug-likeness (QED) is 0.862. The van der Waals surface area contributed by atoms with Gasteiger partial charge in [0.15, 0.2) is 0 Å². The van der Waals surface area contributed by atoms with E-state index in [0.29, 0.717) is 24.4 Å². The van der Waals surface area contributed by atoms with Gasteiger partial charge in [-0.25, -0.2) is 4.79 Å². The smallest absolute Gasteiger partial charge is 0.410 e. The standard InChI is InChI=1S/C20H21N3O2/c21-16-18-7-4-8-19(15-18)25-20(24)23-13-11-22(12-14-23)10-9-17-5-2-1-3-6-17/h1-8,15H,9-14H2. The second-order valence-electron chi connectivity index (χ2n) is 6.07. The van der Waals surface area contributed by atoms with Crippen LogP contribution in [0.25, 0.3) is 0 Å². The van der Waals surface area contributed by atoms with Gasteiger partial charge in [-0.1, -0.05) is 36.4 Å². The summed E-state index contributed by atoms with van der Waals surface area (Å²) in [4.78, 5) is 16.3. The minimum Gasteiger partial charge on any atom is -0.410 e. The molecule has 0 aromatic heterocycles. The van der Waals surface area contributed by atoms with Gasteiger partial charge in [-0.2, -0.15) is 5.26 Å². The van der Waals surface area contributed by atoms with Crippen LogP contribution in [-0.4, -0.2) is 48.6 Å². The predicted molar refractivity (Wildman–Crippen MR) is 95.3 cm³/mol. The molecule has 0 saturated carbocycles. The Morgan fingerprint density at radius 1 is 1.04 bits per heavy atom. The van der Waals surface area contributed by atoms with Crippen LogP contribution in [0.3, 0.4) is 0 Å². The first-order valence-electron chi connectivity index (χ1n) is 8.48. The highest BCUT2D eigenvalue weighted by molar-refractivity contribution is 5.71. The molecular formula is C20H21N3O2. The van der Waals surface area contributed by atoms with Crippen LogP contribution in [0.5, 0.6) is 5.75 Å². The molecule has 2 aromatic carbocycles. The summed E-state index contributed by atoms with van der Waals surface area (Å²) in [5.74, 6) is 0.413. The monoisotopic (exact) mass is 335 g/mol. The van der Waals surface area contributed by atoms with Gasteiger partial charge in [-0.05, 0) is 30.2 Å². The first kappa shape index (κ1) is 17.0. The molecule has 1 fully saturated rings. The van der Waals surface area contributed by atoms with Crippen molar-refractivity contribution in [3.05, 3.63) is 65.7 Å². The van der Waals surface area contributed by atoms with Crippen LogP contribution in [0.4, 0.5) is 4.79 Å². The number of hydrogen-bond donors (Lipinski definition) is 0. The number of nitriles is 1. The minimum absolute atomic E-state index is 0.349. The van der Waals surface area contributed by atoms with Gasteiger partial charge in [0.1, 0.15) is 5.75 Å². The number of hydrogen-bond acceptors (Lipinski definition) is 4. The Morgan fingerprint density at radius 2 is 1.80 bits per heavy atom. The summed E-state index contributed by atoms with van der Waals surface area (Å²) >= 11 is 0. The van der Waals surface area contributed by atoms with Crippen molar-refractivity contribution in [2.75, 3.05) is 32.7 Å². The van der Waals surface area contributed by atoms with Crippen molar-refractivity contribution in [3.63, 3.8) is 0 Å². The number of carbonyl (C=O) groups is 1. The lowest BCUT2D eigenvalue weighted by Crippen LogP contribution is -2.49. The molecule has 0 bridgehead atoms. The van der Waals surface area contributed by atoms with Crippen LogP contribution >= 0.6 is 0 Å². The highest BCUT2D eigenvalue weighted by atomic mass is 16.6. The molecular weight excluding hydrogens is 314 g/mol. The lowest BCUT2D eigenvalue weighted by molar-refractivity contribution is 0.111. The van der Waals surface area contributed by atoms with Gasteiger partial charge in [0.2, 0.25) is 0 Å². The Balaban J connectivity index is 1.45. The number of ether oxygens (including phenoxy) is 1. The van der Waals surface area contributed by atoms with E-state index < -0.39 is 0 Å². The molecule has 128 valence electrons. The lowest BCUT2D eigenvalue weighted by Gasteiger charge is -2.34. The van der Waals surface area contributed by atoms with Gasteiger partial charge >= 0.3 is 6.09 Å². The molecule has 25 heavy (non-hydrogen) atoms. The molecule has 5 heteroatoms. The Kier molecular flexibility index (Phi) is 5.65. The van der Waals surface area contributed by atoms with Crippen LogP contribution in [0.1, 0.15) is 11.1 Å². The van der Waals surface area contributed by atoms with Gasteiger partial charge in [0.05, 0.1) is 11.6 Å². The fourth-order valence-electron chi connectivity index (χ4n) is 2.88. The summed E-state index contributed by atoms with van der Waals surface area (Å²) in [5.41, 5.74) is 1.82. The van der Waals surface area contributed by atoms with E-state index in [-0.39, 0.29) is 6.09 Å². The molecule has 0 aliphatic carbocycles. The summed E-state index contributed by atoms with van der Waals surface area (Å²) in [6.45, 7) is 4.01. The Morgan fingerprint density at radius 3 is 2.52 bits per heavy atom. The van der Waals surface area contributed by atoms with E-state index in [9.17, 15) is 4.79 Å². The molecule has 0 unspecified atom stereocenters. The predicted octanol–water partition coefficient (Wildman–Crippen LogP) is 2.92. The maximum Gasteiger partial charge on any atom is 0.415 e. The van der Waals surface area contributed by atoms with E-state index in [4.69, 9.17) is 10.00 Å². The Bertz CT molecular complexity index is 747. The van der Waals surface area contributed by atoms with Crippen molar-refractivity contribution in [3.8, 4) is 11.8 Å². The van der Waals surface area contributed by atoms with Gasteiger partial charge in [0.25, 0.3) is 0 Å². The highest BCUT2D eigenvalue weighted by Gasteiger charge is 2.22. The number of piperazine rings is 1. The number of amides is 1. The minimum atomic E-state index is -0.349. The number of nitrogens with zero attached hydrogens (tertiary/aromatic N) is 3. The first-order valence-corrected chi connectivity index (χ1v) is 8.48. The number of rotatable bonds is 4. The molecule has 5 nitrogen and oxygen atoms in total.